The van der Waals surface area contributed by atoms with Crippen LogP contribution in [0.1, 0.15) is 112 Å². The summed E-state index contributed by atoms with van der Waals surface area (Å²) in [6.45, 7) is 16.0. The van der Waals surface area contributed by atoms with Crippen molar-refractivity contribution in [3.05, 3.63) is 0 Å². The molecule has 0 bridgehead atoms. The van der Waals surface area contributed by atoms with Crippen LogP contribution in [0.15, 0.2) is 0 Å². The molecule has 0 unspecified atom stereocenters. The van der Waals surface area contributed by atoms with Crippen LogP contribution < -0.4 is 0 Å². The van der Waals surface area contributed by atoms with Crippen LogP contribution in [0.3, 0.4) is 0 Å². The molecule has 0 aromatic carbocycles. The monoisotopic (exact) mass is 414 g/mol. The second-order valence-corrected chi connectivity index (χ2v) is 10.6. The van der Waals surface area contributed by atoms with E-state index in [2.05, 4.69) is 41.5 Å². The molecule has 0 aromatic heterocycles. The zero-order valence-corrected chi connectivity index (χ0v) is 20.5. The molecule has 1 fully saturated rings. The fourth-order valence-corrected chi connectivity index (χ4v) is 5.40. The SMILES string of the molecule is CCCOCC(CCC(F)(CC(C)C)CC(C)C)(COCCC)C1CCCCC1. The Bertz CT molecular complexity index is 382. The second-order valence-electron chi connectivity index (χ2n) is 10.6. The first kappa shape index (κ1) is 26.9. The van der Waals surface area contributed by atoms with Crippen molar-refractivity contribution in [1.29, 1.82) is 0 Å². The van der Waals surface area contributed by atoms with Gasteiger partial charge >= 0.3 is 0 Å². The topological polar surface area (TPSA) is 18.5 Å². The van der Waals surface area contributed by atoms with E-state index in [0.717, 1.165) is 45.7 Å². The molecule has 0 radical (unpaired) electrons. The maximum absolute atomic E-state index is 16.1. The van der Waals surface area contributed by atoms with Crippen LogP contribution in [0.2, 0.25) is 0 Å². The Morgan fingerprint density at radius 1 is 0.793 bits per heavy atom. The summed E-state index contributed by atoms with van der Waals surface area (Å²) in [6, 6.07) is 0. The molecule has 1 aliphatic carbocycles. The van der Waals surface area contributed by atoms with Gasteiger partial charge in [0.1, 0.15) is 5.67 Å². The zero-order chi connectivity index (χ0) is 21.8. The molecule has 0 atom stereocenters. The fraction of sp³-hybridized carbons (Fsp3) is 1.00. The normalized spacial score (nSPS) is 16.9. The molecule has 1 aliphatic rings. The molecule has 1 rings (SSSR count). The largest absolute Gasteiger partial charge is 0.381 e. The second kappa shape index (κ2) is 14.0. The van der Waals surface area contributed by atoms with E-state index in [4.69, 9.17) is 9.47 Å². The summed E-state index contributed by atoms with van der Waals surface area (Å²) in [5.41, 5.74) is -1.10. The highest BCUT2D eigenvalue weighted by Crippen LogP contribution is 2.46. The standard InChI is InChI=1S/C26H51FO2/c1-7-16-28-20-25(21-29-17-8-2,24-12-10-9-11-13-24)14-15-26(27,18-22(3)4)19-23(5)6/h22-24H,7-21H2,1-6H3. The van der Waals surface area contributed by atoms with Gasteiger partial charge in [0, 0.05) is 18.6 Å². The van der Waals surface area contributed by atoms with Crippen molar-refractivity contribution in [2.45, 2.75) is 118 Å². The van der Waals surface area contributed by atoms with E-state index >= 15 is 4.39 Å². The van der Waals surface area contributed by atoms with Crippen molar-refractivity contribution < 1.29 is 13.9 Å². The first-order chi connectivity index (χ1) is 13.8. The molecule has 0 heterocycles. The number of rotatable bonds is 16. The van der Waals surface area contributed by atoms with Crippen LogP contribution in [0.5, 0.6) is 0 Å². The van der Waals surface area contributed by atoms with E-state index in [1.54, 1.807) is 0 Å². The number of hydrogen-bond donors (Lipinski definition) is 0. The van der Waals surface area contributed by atoms with Crippen molar-refractivity contribution >= 4 is 0 Å². The van der Waals surface area contributed by atoms with Crippen molar-refractivity contribution in [3.63, 3.8) is 0 Å². The summed E-state index contributed by atoms with van der Waals surface area (Å²) in [5, 5.41) is 0. The van der Waals surface area contributed by atoms with Gasteiger partial charge in [0.15, 0.2) is 0 Å². The highest BCUT2D eigenvalue weighted by atomic mass is 19.1. The third-order valence-electron chi connectivity index (χ3n) is 6.57. The van der Waals surface area contributed by atoms with Gasteiger partial charge < -0.3 is 9.47 Å². The van der Waals surface area contributed by atoms with Gasteiger partial charge in [-0.25, -0.2) is 4.39 Å². The van der Waals surface area contributed by atoms with Gasteiger partial charge in [0.05, 0.1) is 13.2 Å². The first-order valence-electron chi connectivity index (χ1n) is 12.6. The van der Waals surface area contributed by atoms with Gasteiger partial charge in [-0.2, -0.15) is 0 Å². The smallest absolute Gasteiger partial charge is 0.111 e. The first-order valence-corrected chi connectivity index (χ1v) is 12.6. The van der Waals surface area contributed by atoms with Gasteiger partial charge in [-0.05, 0) is 69.1 Å². The van der Waals surface area contributed by atoms with Crippen LogP contribution in [0.25, 0.3) is 0 Å². The molecule has 0 amide bonds. The van der Waals surface area contributed by atoms with Crippen LogP contribution in [0.4, 0.5) is 4.39 Å². The third-order valence-corrected chi connectivity index (χ3v) is 6.57. The third kappa shape index (κ3) is 10.1. The zero-order valence-electron chi connectivity index (χ0n) is 20.5. The lowest BCUT2D eigenvalue weighted by atomic mass is 9.65. The summed E-state index contributed by atoms with van der Waals surface area (Å²) in [5.74, 6) is 1.37. The number of halogens is 1. The molecule has 29 heavy (non-hydrogen) atoms. The Labute approximate surface area is 181 Å². The summed E-state index contributed by atoms with van der Waals surface area (Å²) in [6.07, 6.45) is 11.4. The van der Waals surface area contributed by atoms with Gasteiger partial charge in [0.25, 0.3) is 0 Å². The van der Waals surface area contributed by atoms with Crippen molar-refractivity contribution in [2.24, 2.45) is 23.2 Å². The van der Waals surface area contributed by atoms with E-state index in [0.29, 0.717) is 37.0 Å². The molecule has 0 spiro atoms. The quantitative estimate of drug-likeness (QED) is 0.238. The molecule has 0 N–H and O–H groups in total. The molecular weight excluding hydrogens is 363 g/mol. The van der Waals surface area contributed by atoms with E-state index in [1.807, 2.05) is 0 Å². The maximum atomic E-state index is 16.1. The van der Waals surface area contributed by atoms with Gasteiger partial charge in [-0.15, -0.1) is 0 Å². The predicted molar refractivity (Wildman–Crippen MR) is 123 cm³/mol. The lowest BCUT2D eigenvalue weighted by molar-refractivity contribution is -0.0786. The molecule has 0 aliphatic heterocycles. The molecule has 0 aromatic rings. The Kier molecular flexibility index (Phi) is 13.0. The average molecular weight is 415 g/mol. The van der Waals surface area contributed by atoms with Crippen molar-refractivity contribution in [2.75, 3.05) is 26.4 Å². The summed E-state index contributed by atoms with van der Waals surface area (Å²) in [7, 11) is 0. The molecule has 2 nitrogen and oxygen atoms in total. The lowest BCUT2D eigenvalue weighted by Gasteiger charge is -2.44. The van der Waals surface area contributed by atoms with Crippen LogP contribution in [0, 0.1) is 23.2 Å². The van der Waals surface area contributed by atoms with Crippen molar-refractivity contribution in [1.82, 2.24) is 0 Å². The minimum absolute atomic E-state index is 0.0317. The number of hydrogen-bond acceptors (Lipinski definition) is 2. The van der Waals surface area contributed by atoms with Crippen molar-refractivity contribution in [3.8, 4) is 0 Å². The van der Waals surface area contributed by atoms with Gasteiger partial charge in [-0.1, -0.05) is 60.8 Å². The predicted octanol–water partition coefficient (Wildman–Crippen LogP) is 7.99. The van der Waals surface area contributed by atoms with Gasteiger partial charge in [0.2, 0.25) is 0 Å². The Balaban J connectivity index is 3.02. The molecule has 3 heteroatoms. The Hall–Kier alpha value is -0.150. The van der Waals surface area contributed by atoms with E-state index < -0.39 is 5.67 Å². The van der Waals surface area contributed by atoms with E-state index in [1.165, 1.54) is 32.1 Å². The highest BCUT2D eigenvalue weighted by Gasteiger charge is 2.43. The number of ether oxygens (including phenoxy) is 2. The molecular formula is C26H51FO2. The minimum Gasteiger partial charge on any atom is -0.381 e. The van der Waals surface area contributed by atoms with E-state index in [-0.39, 0.29) is 5.41 Å². The lowest BCUT2D eigenvalue weighted by Crippen LogP contribution is -2.43. The molecule has 1 saturated carbocycles. The molecule has 0 saturated heterocycles. The van der Waals surface area contributed by atoms with E-state index in [9.17, 15) is 0 Å². The van der Waals surface area contributed by atoms with Gasteiger partial charge in [-0.3, -0.25) is 0 Å². The van der Waals surface area contributed by atoms with Crippen LogP contribution >= 0.6 is 0 Å². The number of alkyl halides is 1. The summed E-state index contributed by atoms with van der Waals surface area (Å²) >= 11 is 0. The van der Waals surface area contributed by atoms with Crippen LogP contribution in [-0.4, -0.2) is 32.1 Å². The van der Waals surface area contributed by atoms with Crippen LogP contribution in [-0.2, 0) is 9.47 Å². The molecule has 174 valence electrons. The summed E-state index contributed by atoms with van der Waals surface area (Å²) < 4.78 is 28.4. The average Bonchev–Trinajstić information content (AvgIpc) is 2.65. The Morgan fingerprint density at radius 2 is 1.28 bits per heavy atom. The Morgan fingerprint density at radius 3 is 1.69 bits per heavy atom. The highest BCUT2D eigenvalue weighted by molar-refractivity contribution is 4.92. The summed E-state index contributed by atoms with van der Waals surface area (Å²) in [4.78, 5) is 0. The fourth-order valence-electron chi connectivity index (χ4n) is 5.40. The minimum atomic E-state index is -1.07. The maximum Gasteiger partial charge on any atom is 0.111 e.